The summed E-state index contributed by atoms with van der Waals surface area (Å²) in [5.41, 5.74) is 4.00. The van der Waals surface area contributed by atoms with Crippen LogP contribution >= 0.6 is 0 Å². The Morgan fingerprint density at radius 2 is 1.96 bits per heavy atom. The number of nitrogens with one attached hydrogen (secondary N) is 1. The predicted molar refractivity (Wildman–Crippen MR) is 97.4 cm³/mol. The van der Waals surface area contributed by atoms with Crippen LogP contribution in [0, 0.1) is 0 Å². The first-order chi connectivity index (χ1) is 11.8. The van der Waals surface area contributed by atoms with E-state index in [2.05, 4.69) is 42.6 Å². The number of hydrogen-bond donors (Lipinski definition) is 2. The molecule has 2 atom stereocenters. The first-order valence-electron chi connectivity index (χ1n) is 8.98. The van der Waals surface area contributed by atoms with Gasteiger partial charge in [-0.25, -0.2) is 0 Å². The van der Waals surface area contributed by atoms with Crippen LogP contribution in [0.15, 0.2) is 48.5 Å². The van der Waals surface area contributed by atoms with E-state index in [1.54, 1.807) is 0 Å². The normalized spacial score (nSPS) is 18.0. The summed E-state index contributed by atoms with van der Waals surface area (Å²) >= 11 is 0. The molecule has 0 saturated carbocycles. The summed E-state index contributed by atoms with van der Waals surface area (Å²) in [6.45, 7) is 2.98. The van der Waals surface area contributed by atoms with Crippen molar-refractivity contribution in [3.63, 3.8) is 0 Å². The maximum absolute atomic E-state index is 10.3. The standard InChI is InChI=1S/C21H27NO2/c1-2-16-8-4-6-13-21(16)24-15-18(23)14-22-20-12-7-10-17-9-3-5-11-19(17)20/h3-6,8-9,11,13,18,20,22-23H,2,7,10,12,14-15H2,1H3/t18-,20?/m0/s1. The molecule has 1 aliphatic carbocycles. The fraction of sp³-hybridized carbons (Fsp3) is 0.429. The average molecular weight is 325 g/mol. The third kappa shape index (κ3) is 4.16. The number of rotatable bonds is 7. The highest BCUT2D eigenvalue weighted by atomic mass is 16.5. The van der Waals surface area contributed by atoms with Crippen LogP contribution in [0.25, 0.3) is 0 Å². The van der Waals surface area contributed by atoms with Crippen LogP contribution in [0.5, 0.6) is 5.75 Å². The molecule has 24 heavy (non-hydrogen) atoms. The number of ether oxygens (including phenoxy) is 1. The second-order valence-corrected chi connectivity index (χ2v) is 6.48. The minimum atomic E-state index is -0.510. The molecule has 1 unspecified atom stereocenters. The molecule has 2 aromatic rings. The minimum absolute atomic E-state index is 0.318. The van der Waals surface area contributed by atoms with Crippen molar-refractivity contribution in [2.45, 2.75) is 44.8 Å². The van der Waals surface area contributed by atoms with Gasteiger partial charge < -0.3 is 15.2 Å². The van der Waals surface area contributed by atoms with E-state index in [9.17, 15) is 5.11 Å². The molecule has 0 heterocycles. The molecule has 0 bridgehead atoms. The third-order valence-corrected chi connectivity index (χ3v) is 4.75. The van der Waals surface area contributed by atoms with Gasteiger partial charge in [0.1, 0.15) is 18.5 Å². The van der Waals surface area contributed by atoms with E-state index in [0.29, 0.717) is 19.2 Å². The predicted octanol–water partition coefficient (Wildman–Crippen LogP) is 3.66. The lowest BCUT2D eigenvalue weighted by atomic mass is 9.88. The molecule has 128 valence electrons. The average Bonchev–Trinajstić information content (AvgIpc) is 2.64. The van der Waals surface area contributed by atoms with Crippen molar-refractivity contribution in [2.24, 2.45) is 0 Å². The molecule has 3 heteroatoms. The molecule has 0 fully saturated rings. The van der Waals surface area contributed by atoms with E-state index >= 15 is 0 Å². The van der Waals surface area contributed by atoms with Gasteiger partial charge in [0, 0.05) is 12.6 Å². The number of fused-ring (bicyclic) bond motifs is 1. The molecular weight excluding hydrogens is 298 g/mol. The fourth-order valence-corrected chi connectivity index (χ4v) is 3.43. The van der Waals surface area contributed by atoms with Crippen molar-refractivity contribution in [1.82, 2.24) is 5.32 Å². The van der Waals surface area contributed by atoms with E-state index < -0.39 is 6.10 Å². The van der Waals surface area contributed by atoms with E-state index in [1.165, 1.54) is 23.1 Å². The Bertz CT molecular complexity index is 656. The molecule has 0 aliphatic heterocycles. The number of para-hydroxylation sites is 1. The Balaban J connectivity index is 1.50. The molecular formula is C21H27NO2. The van der Waals surface area contributed by atoms with Crippen LogP contribution in [0.4, 0.5) is 0 Å². The maximum atomic E-state index is 10.3. The van der Waals surface area contributed by atoms with Gasteiger partial charge in [-0.15, -0.1) is 0 Å². The van der Waals surface area contributed by atoms with E-state index in [-0.39, 0.29) is 0 Å². The van der Waals surface area contributed by atoms with Gasteiger partial charge in [-0.05, 0) is 48.4 Å². The lowest BCUT2D eigenvalue weighted by molar-refractivity contribution is 0.102. The Labute approximate surface area is 144 Å². The van der Waals surface area contributed by atoms with Crippen LogP contribution in [0.3, 0.4) is 0 Å². The molecule has 0 aromatic heterocycles. The quantitative estimate of drug-likeness (QED) is 0.816. The summed E-state index contributed by atoms with van der Waals surface area (Å²) in [5, 5.41) is 13.8. The van der Waals surface area contributed by atoms with E-state index in [0.717, 1.165) is 25.0 Å². The summed E-state index contributed by atoms with van der Waals surface area (Å²) in [6.07, 6.45) is 3.91. The highest BCUT2D eigenvalue weighted by Gasteiger charge is 2.20. The second-order valence-electron chi connectivity index (χ2n) is 6.48. The number of aliphatic hydroxyl groups excluding tert-OH is 1. The first kappa shape index (κ1) is 17.0. The first-order valence-corrected chi connectivity index (χ1v) is 8.98. The Hall–Kier alpha value is -1.84. The van der Waals surface area contributed by atoms with Gasteiger partial charge in [-0.3, -0.25) is 0 Å². The monoisotopic (exact) mass is 325 g/mol. The fourth-order valence-electron chi connectivity index (χ4n) is 3.43. The maximum Gasteiger partial charge on any atom is 0.122 e. The third-order valence-electron chi connectivity index (χ3n) is 4.75. The summed E-state index contributed by atoms with van der Waals surface area (Å²) in [7, 11) is 0. The van der Waals surface area contributed by atoms with Crippen molar-refractivity contribution in [1.29, 1.82) is 0 Å². The summed E-state index contributed by atoms with van der Waals surface area (Å²) < 4.78 is 5.81. The second kappa shape index (κ2) is 8.32. The number of benzene rings is 2. The van der Waals surface area contributed by atoms with E-state index in [4.69, 9.17) is 4.74 Å². The van der Waals surface area contributed by atoms with Crippen LogP contribution in [0.1, 0.15) is 42.5 Å². The van der Waals surface area contributed by atoms with Gasteiger partial charge in [0.15, 0.2) is 0 Å². The van der Waals surface area contributed by atoms with Gasteiger partial charge in [-0.1, -0.05) is 49.4 Å². The van der Waals surface area contributed by atoms with Crippen molar-refractivity contribution in [3.05, 3.63) is 65.2 Å². The molecule has 3 rings (SSSR count). The van der Waals surface area contributed by atoms with Crippen LogP contribution in [-0.2, 0) is 12.8 Å². The van der Waals surface area contributed by atoms with Crippen LogP contribution in [0.2, 0.25) is 0 Å². The Morgan fingerprint density at radius 1 is 1.17 bits per heavy atom. The molecule has 0 amide bonds. The van der Waals surface area contributed by atoms with Crippen LogP contribution < -0.4 is 10.1 Å². The van der Waals surface area contributed by atoms with E-state index in [1.807, 2.05) is 18.2 Å². The smallest absolute Gasteiger partial charge is 0.122 e. The van der Waals surface area contributed by atoms with Gasteiger partial charge in [-0.2, -0.15) is 0 Å². The number of aliphatic hydroxyl groups is 1. The van der Waals surface area contributed by atoms with Gasteiger partial charge in [0.25, 0.3) is 0 Å². The lowest BCUT2D eigenvalue weighted by Crippen LogP contribution is -2.35. The van der Waals surface area contributed by atoms with Crippen molar-refractivity contribution in [2.75, 3.05) is 13.2 Å². The van der Waals surface area contributed by atoms with Crippen molar-refractivity contribution >= 4 is 0 Å². The zero-order valence-electron chi connectivity index (χ0n) is 14.4. The zero-order chi connectivity index (χ0) is 16.8. The van der Waals surface area contributed by atoms with Gasteiger partial charge in [0.05, 0.1) is 0 Å². The topological polar surface area (TPSA) is 41.5 Å². The zero-order valence-corrected chi connectivity index (χ0v) is 14.4. The van der Waals surface area contributed by atoms with Gasteiger partial charge in [0.2, 0.25) is 0 Å². The SMILES string of the molecule is CCc1ccccc1OC[C@@H](O)CNC1CCCc2ccccc21. The highest BCUT2D eigenvalue weighted by molar-refractivity contribution is 5.33. The molecule has 3 nitrogen and oxygen atoms in total. The molecule has 1 aliphatic rings. The number of hydrogen-bond acceptors (Lipinski definition) is 3. The van der Waals surface area contributed by atoms with Crippen molar-refractivity contribution in [3.8, 4) is 5.75 Å². The van der Waals surface area contributed by atoms with Crippen molar-refractivity contribution < 1.29 is 9.84 Å². The summed E-state index contributed by atoms with van der Waals surface area (Å²) in [5.74, 6) is 0.877. The molecule has 2 N–H and O–H groups in total. The molecule has 0 saturated heterocycles. The summed E-state index contributed by atoms with van der Waals surface area (Å²) in [4.78, 5) is 0. The Kier molecular flexibility index (Phi) is 5.89. The van der Waals surface area contributed by atoms with Crippen LogP contribution in [-0.4, -0.2) is 24.4 Å². The minimum Gasteiger partial charge on any atom is -0.491 e. The Morgan fingerprint density at radius 3 is 2.83 bits per heavy atom. The molecule has 0 spiro atoms. The number of aryl methyl sites for hydroxylation is 2. The summed E-state index contributed by atoms with van der Waals surface area (Å²) in [6, 6.07) is 17.0. The molecule has 0 radical (unpaired) electrons. The van der Waals surface area contributed by atoms with Gasteiger partial charge >= 0.3 is 0 Å². The highest BCUT2D eigenvalue weighted by Crippen LogP contribution is 2.29. The largest absolute Gasteiger partial charge is 0.491 e. The molecule has 2 aromatic carbocycles. The lowest BCUT2D eigenvalue weighted by Gasteiger charge is -2.27.